The summed E-state index contributed by atoms with van der Waals surface area (Å²) in [6.45, 7) is 1.41. The summed E-state index contributed by atoms with van der Waals surface area (Å²) in [6, 6.07) is 13.1. The van der Waals surface area contributed by atoms with Gasteiger partial charge in [0.25, 0.3) is 5.91 Å². The minimum atomic E-state index is -0.452. The Hall–Kier alpha value is -2.62. The maximum Gasteiger partial charge on any atom is 0.259 e. The number of phenolic OH excluding ortho intramolecular Hbond substituents is 1. The van der Waals surface area contributed by atoms with Gasteiger partial charge in [0.05, 0.1) is 5.56 Å². The molecule has 0 aromatic heterocycles. The number of para-hydroxylation sites is 1. The molecule has 0 unspecified atom stereocenters. The van der Waals surface area contributed by atoms with E-state index >= 15 is 0 Å². The number of anilines is 1. The number of carbonyl (C=O) groups is 2. The highest BCUT2D eigenvalue weighted by molar-refractivity contribution is 6.07. The van der Waals surface area contributed by atoms with Crippen molar-refractivity contribution in [3.8, 4) is 5.75 Å². The standard InChI is InChI=1S/C15H13NO3/c1-10(17)11-7-8-14(18)13(9-11)15(19)16-12-5-3-2-4-6-12/h2-9,18H,1H3,(H,16,19). The molecule has 0 aliphatic heterocycles. The van der Waals surface area contributed by atoms with Gasteiger partial charge in [-0.3, -0.25) is 9.59 Å². The lowest BCUT2D eigenvalue weighted by molar-refractivity contribution is 0.101. The van der Waals surface area contributed by atoms with Gasteiger partial charge in [0, 0.05) is 11.3 Å². The van der Waals surface area contributed by atoms with Gasteiger partial charge >= 0.3 is 0 Å². The maximum absolute atomic E-state index is 12.0. The number of aromatic hydroxyl groups is 1. The minimum absolute atomic E-state index is 0.0801. The van der Waals surface area contributed by atoms with E-state index in [1.807, 2.05) is 6.07 Å². The lowest BCUT2D eigenvalue weighted by atomic mass is 10.1. The van der Waals surface area contributed by atoms with Crippen LogP contribution in [0, 0.1) is 0 Å². The smallest absolute Gasteiger partial charge is 0.259 e. The molecule has 1 amide bonds. The molecule has 2 aromatic carbocycles. The van der Waals surface area contributed by atoms with Gasteiger partial charge in [-0.25, -0.2) is 0 Å². The van der Waals surface area contributed by atoms with E-state index in [0.29, 0.717) is 11.3 Å². The van der Waals surface area contributed by atoms with Crippen molar-refractivity contribution in [3.63, 3.8) is 0 Å². The molecule has 19 heavy (non-hydrogen) atoms. The highest BCUT2D eigenvalue weighted by Gasteiger charge is 2.13. The van der Waals surface area contributed by atoms with Gasteiger partial charge in [-0.2, -0.15) is 0 Å². The fourth-order valence-corrected chi connectivity index (χ4v) is 1.66. The number of amides is 1. The molecule has 0 atom stereocenters. The molecule has 2 N–H and O–H groups in total. The molecule has 0 saturated heterocycles. The molecule has 0 aliphatic rings. The largest absolute Gasteiger partial charge is 0.507 e. The van der Waals surface area contributed by atoms with Crippen LogP contribution in [0.4, 0.5) is 5.69 Å². The molecule has 0 aliphatic carbocycles. The van der Waals surface area contributed by atoms with E-state index in [2.05, 4.69) is 5.32 Å². The topological polar surface area (TPSA) is 66.4 Å². The molecule has 0 spiro atoms. The summed E-state index contributed by atoms with van der Waals surface area (Å²) in [7, 11) is 0. The predicted octanol–water partition coefficient (Wildman–Crippen LogP) is 2.85. The lowest BCUT2D eigenvalue weighted by Crippen LogP contribution is -2.12. The summed E-state index contributed by atoms with van der Waals surface area (Å²) in [5.41, 5.74) is 1.09. The monoisotopic (exact) mass is 255 g/mol. The van der Waals surface area contributed by atoms with E-state index < -0.39 is 5.91 Å². The predicted molar refractivity (Wildman–Crippen MR) is 72.5 cm³/mol. The fourth-order valence-electron chi connectivity index (χ4n) is 1.66. The van der Waals surface area contributed by atoms with Crippen LogP contribution in [0.25, 0.3) is 0 Å². The van der Waals surface area contributed by atoms with Crippen LogP contribution in [0.3, 0.4) is 0 Å². The Bertz CT molecular complexity index is 621. The summed E-state index contributed by atoms with van der Waals surface area (Å²) in [4.78, 5) is 23.3. The summed E-state index contributed by atoms with van der Waals surface area (Å²) in [5.74, 6) is -0.765. The second-order valence-corrected chi connectivity index (χ2v) is 4.11. The van der Waals surface area contributed by atoms with Crippen molar-refractivity contribution < 1.29 is 14.7 Å². The van der Waals surface area contributed by atoms with Crippen molar-refractivity contribution in [2.24, 2.45) is 0 Å². The second-order valence-electron chi connectivity index (χ2n) is 4.11. The molecule has 0 bridgehead atoms. The number of phenols is 1. The van der Waals surface area contributed by atoms with Gasteiger partial charge in [-0.15, -0.1) is 0 Å². The zero-order valence-corrected chi connectivity index (χ0v) is 10.4. The van der Waals surface area contributed by atoms with Crippen molar-refractivity contribution in [1.82, 2.24) is 0 Å². The third kappa shape index (κ3) is 2.98. The SMILES string of the molecule is CC(=O)c1ccc(O)c(C(=O)Nc2ccccc2)c1. The van der Waals surface area contributed by atoms with E-state index in [-0.39, 0.29) is 17.1 Å². The summed E-state index contributed by atoms with van der Waals surface area (Å²) >= 11 is 0. The molecular weight excluding hydrogens is 242 g/mol. The maximum atomic E-state index is 12.0. The van der Waals surface area contributed by atoms with Crippen LogP contribution in [0.2, 0.25) is 0 Å². The number of hydrogen-bond donors (Lipinski definition) is 2. The fraction of sp³-hybridized carbons (Fsp3) is 0.0667. The van der Waals surface area contributed by atoms with E-state index in [0.717, 1.165) is 0 Å². The van der Waals surface area contributed by atoms with Crippen LogP contribution in [0.5, 0.6) is 5.75 Å². The molecule has 2 aromatic rings. The summed E-state index contributed by atoms with van der Waals surface area (Å²) in [5, 5.41) is 12.3. The average Bonchev–Trinajstić information content (AvgIpc) is 2.40. The molecule has 2 rings (SSSR count). The first-order chi connectivity index (χ1) is 9.08. The van der Waals surface area contributed by atoms with Crippen molar-refractivity contribution in [2.45, 2.75) is 6.92 Å². The van der Waals surface area contributed by atoms with E-state index in [9.17, 15) is 14.7 Å². The third-order valence-corrected chi connectivity index (χ3v) is 2.68. The molecule has 0 fully saturated rings. The second kappa shape index (κ2) is 5.35. The van der Waals surface area contributed by atoms with Crippen LogP contribution < -0.4 is 5.32 Å². The number of rotatable bonds is 3. The van der Waals surface area contributed by atoms with Crippen molar-refractivity contribution in [2.75, 3.05) is 5.32 Å². The molecule has 4 heteroatoms. The molecule has 0 saturated carbocycles. The molecule has 0 radical (unpaired) electrons. The number of benzene rings is 2. The van der Waals surface area contributed by atoms with Crippen molar-refractivity contribution >= 4 is 17.4 Å². The molecule has 96 valence electrons. The Morgan fingerprint density at radius 2 is 1.74 bits per heavy atom. The first-order valence-corrected chi connectivity index (χ1v) is 5.78. The van der Waals surface area contributed by atoms with Crippen LogP contribution in [-0.4, -0.2) is 16.8 Å². The Kier molecular flexibility index (Phi) is 3.61. The zero-order valence-electron chi connectivity index (χ0n) is 10.4. The van der Waals surface area contributed by atoms with E-state index in [1.165, 1.54) is 25.1 Å². The quantitative estimate of drug-likeness (QED) is 0.829. The number of ketones is 1. The van der Waals surface area contributed by atoms with Crippen LogP contribution in [0.1, 0.15) is 27.6 Å². The van der Waals surface area contributed by atoms with Gasteiger partial charge in [-0.1, -0.05) is 18.2 Å². The zero-order chi connectivity index (χ0) is 13.8. The van der Waals surface area contributed by atoms with Crippen LogP contribution >= 0.6 is 0 Å². The third-order valence-electron chi connectivity index (χ3n) is 2.68. The van der Waals surface area contributed by atoms with Crippen LogP contribution in [0.15, 0.2) is 48.5 Å². The van der Waals surface area contributed by atoms with Gasteiger partial charge in [0.15, 0.2) is 5.78 Å². The van der Waals surface area contributed by atoms with Crippen LogP contribution in [-0.2, 0) is 0 Å². The lowest BCUT2D eigenvalue weighted by Gasteiger charge is -2.07. The highest BCUT2D eigenvalue weighted by Crippen LogP contribution is 2.20. The number of nitrogens with one attached hydrogen (secondary N) is 1. The number of carbonyl (C=O) groups excluding carboxylic acids is 2. The van der Waals surface area contributed by atoms with Crippen molar-refractivity contribution in [1.29, 1.82) is 0 Å². The van der Waals surface area contributed by atoms with E-state index in [4.69, 9.17) is 0 Å². The number of Topliss-reactive ketones (excluding diaryl/α,β-unsaturated/α-hetero) is 1. The normalized spacial score (nSPS) is 9.95. The molecule has 4 nitrogen and oxygen atoms in total. The Morgan fingerprint density at radius 3 is 2.37 bits per heavy atom. The van der Waals surface area contributed by atoms with Gasteiger partial charge in [0.1, 0.15) is 5.75 Å². The highest BCUT2D eigenvalue weighted by atomic mass is 16.3. The first-order valence-electron chi connectivity index (χ1n) is 5.78. The Morgan fingerprint density at radius 1 is 1.05 bits per heavy atom. The summed E-state index contributed by atoms with van der Waals surface area (Å²) < 4.78 is 0. The number of hydrogen-bond acceptors (Lipinski definition) is 3. The minimum Gasteiger partial charge on any atom is -0.507 e. The summed E-state index contributed by atoms with van der Waals surface area (Å²) in [6.07, 6.45) is 0. The Balaban J connectivity index is 2.28. The first kappa shape index (κ1) is 12.8. The van der Waals surface area contributed by atoms with Crippen molar-refractivity contribution in [3.05, 3.63) is 59.7 Å². The molecular formula is C15H13NO3. The van der Waals surface area contributed by atoms with Gasteiger partial charge < -0.3 is 10.4 Å². The van der Waals surface area contributed by atoms with Gasteiger partial charge in [0.2, 0.25) is 0 Å². The molecule has 0 heterocycles. The Labute approximate surface area is 110 Å². The van der Waals surface area contributed by atoms with E-state index in [1.54, 1.807) is 24.3 Å². The van der Waals surface area contributed by atoms with Gasteiger partial charge in [-0.05, 0) is 37.3 Å². The average molecular weight is 255 g/mol.